The van der Waals surface area contributed by atoms with E-state index in [4.69, 9.17) is 23.2 Å². The molecule has 0 aromatic heterocycles. The predicted molar refractivity (Wildman–Crippen MR) is 61.8 cm³/mol. The van der Waals surface area contributed by atoms with Crippen LogP contribution in [0.1, 0.15) is 32.3 Å². The molecule has 0 amide bonds. The standard InChI is InChI=1S/C7H6Cl2.C4H10/c1-5-2-3-6(8)7(9)4-5;1-3-4-2/h2-4H,1H3;3-4H2,1-2H3. The second-order valence-electron chi connectivity index (χ2n) is 2.92. The molecule has 0 unspecified atom stereocenters. The molecule has 0 aliphatic rings. The third-order valence-corrected chi connectivity index (χ3v) is 2.31. The lowest BCUT2D eigenvalue weighted by molar-refractivity contribution is 0.886. The summed E-state index contributed by atoms with van der Waals surface area (Å²) in [6.45, 7) is 6.34. The van der Waals surface area contributed by atoms with E-state index in [1.807, 2.05) is 19.1 Å². The first-order valence-corrected chi connectivity index (χ1v) is 5.29. The molecule has 0 aliphatic carbocycles. The molecule has 0 atom stereocenters. The van der Waals surface area contributed by atoms with Crippen LogP contribution in [0.5, 0.6) is 0 Å². The molecule has 0 aliphatic heterocycles. The van der Waals surface area contributed by atoms with Crippen LogP contribution < -0.4 is 0 Å². The van der Waals surface area contributed by atoms with Crippen LogP contribution >= 0.6 is 23.2 Å². The minimum atomic E-state index is 0.613. The van der Waals surface area contributed by atoms with Gasteiger partial charge in [0.25, 0.3) is 0 Å². The highest BCUT2D eigenvalue weighted by molar-refractivity contribution is 6.41. The van der Waals surface area contributed by atoms with Gasteiger partial charge in [-0.3, -0.25) is 0 Å². The Hall–Kier alpha value is -0.200. The number of hydrogen-bond acceptors (Lipinski definition) is 0. The lowest BCUT2D eigenvalue weighted by Gasteiger charge is -1.94. The number of rotatable bonds is 1. The molecule has 0 saturated carbocycles. The van der Waals surface area contributed by atoms with E-state index in [1.165, 1.54) is 12.8 Å². The highest BCUT2D eigenvalue weighted by atomic mass is 35.5. The number of halogens is 2. The van der Waals surface area contributed by atoms with Gasteiger partial charge in [-0.05, 0) is 24.6 Å². The molecular weight excluding hydrogens is 203 g/mol. The summed E-state index contributed by atoms with van der Waals surface area (Å²) in [6.07, 6.45) is 2.64. The lowest BCUT2D eigenvalue weighted by atomic mass is 10.2. The number of aryl methyl sites for hydroxylation is 1. The third kappa shape index (κ3) is 5.95. The van der Waals surface area contributed by atoms with E-state index in [2.05, 4.69) is 13.8 Å². The fraction of sp³-hybridized carbons (Fsp3) is 0.455. The molecular formula is C11H16Cl2. The minimum Gasteiger partial charge on any atom is -0.0827 e. The SMILES string of the molecule is CCCC.Cc1ccc(Cl)c(Cl)c1. The molecule has 1 aromatic carbocycles. The summed E-state index contributed by atoms with van der Waals surface area (Å²) in [4.78, 5) is 0. The summed E-state index contributed by atoms with van der Waals surface area (Å²) in [5, 5.41) is 1.24. The molecule has 13 heavy (non-hydrogen) atoms. The maximum Gasteiger partial charge on any atom is 0.0594 e. The summed E-state index contributed by atoms with van der Waals surface area (Å²) in [5.41, 5.74) is 1.13. The fourth-order valence-corrected chi connectivity index (χ4v) is 0.954. The Morgan fingerprint density at radius 2 is 1.54 bits per heavy atom. The number of unbranched alkanes of at least 4 members (excludes halogenated alkanes) is 1. The van der Waals surface area contributed by atoms with Gasteiger partial charge in [0.15, 0.2) is 0 Å². The van der Waals surface area contributed by atoms with Gasteiger partial charge in [0.2, 0.25) is 0 Å². The van der Waals surface area contributed by atoms with Gasteiger partial charge in [0, 0.05) is 0 Å². The Labute approximate surface area is 90.9 Å². The zero-order valence-electron chi connectivity index (χ0n) is 8.40. The largest absolute Gasteiger partial charge is 0.0827 e. The van der Waals surface area contributed by atoms with Gasteiger partial charge in [-0.25, -0.2) is 0 Å². The van der Waals surface area contributed by atoms with Crippen LogP contribution in [0.4, 0.5) is 0 Å². The van der Waals surface area contributed by atoms with Crippen LogP contribution in [0.2, 0.25) is 10.0 Å². The fourth-order valence-electron chi connectivity index (χ4n) is 0.601. The molecule has 0 bridgehead atoms. The Kier molecular flexibility index (Phi) is 7.12. The summed E-state index contributed by atoms with van der Waals surface area (Å²) in [7, 11) is 0. The van der Waals surface area contributed by atoms with Crippen LogP contribution in [-0.2, 0) is 0 Å². The van der Waals surface area contributed by atoms with Crippen LogP contribution in [-0.4, -0.2) is 0 Å². The molecule has 0 N–H and O–H groups in total. The minimum absolute atomic E-state index is 0.613. The molecule has 1 aromatic rings. The van der Waals surface area contributed by atoms with Gasteiger partial charge in [-0.15, -0.1) is 0 Å². The van der Waals surface area contributed by atoms with Gasteiger partial charge >= 0.3 is 0 Å². The van der Waals surface area contributed by atoms with E-state index < -0.39 is 0 Å². The van der Waals surface area contributed by atoms with Gasteiger partial charge in [0.1, 0.15) is 0 Å². The molecule has 0 spiro atoms. The van der Waals surface area contributed by atoms with Crippen LogP contribution in [0.25, 0.3) is 0 Å². The maximum absolute atomic E-state index is 5.68. The lowest BCUT2D eigenvalue weighted by Crippen LogP contribution is -1.70. The molecule has 0 nitrogen and oxygen atoms in total. The summed E-state index contributed by atoms with van der Waals surface area (Å²) in [5.74, 6) is 0. The van der Waals surface area contributed by atoms with Crippen molar-refractivity contribution in [3.63, 3.8) is 0 Å². The van der Waals surface area contributed by atoms with Crippen molar-refractivity contribution in [2.45, 2.75) is 33.6 Å². The van der Waals surface area contributed by atoms with Crippen molar-refractivity contribution in [2.75, 3.05) is 0 Å². The molecule has 0 saturated heterocycles. The normalized spacial score (nSPS) is 9.00. The summed E-state index contributed by atoms with van der Waals surface area (Å²) in [6, 6.07) is 5.55. The van der Waals surface area contributed by atoms with Crippen molar-refractivity contribution in [3.8, 4) is 0 Å². The highest BCUT2D eigenvalue weighted by Gasteiger charge is 1.93. The van der Waals surface area contributed by atoms with Gasteiger partial charge in [0.05, 0.1) is 10.0 Å². The Balaban J connectivity index is 0.000000310. The van der Waals surface area contributed by atoms with Crippen molar-refractivity contribution < 1.29 is 0 Å². The average molecular weight is 219 g/mol. The molecule has 2 heteroatoms. The Morgan fingerprint density at radius 1 is 1.00 bits per heavy atom. The van der Waals surface area contributed by atoms with Crippen molar-refractivity contribution >= 4 is 23.2 Å². The van der Waals surface area contributed by atoms with E-state index >= 15 is 0 Å². The molecule has 1 rings (SSSR count). The van der Waals surface area contributed by atoms with Gasteiger partial charge in [-0.2, -0.15) is 0 Å². The van der Waals surface area contributed by atoms with Gasteiger partial charge in [-0.1, -0.05) is 56.0 Å². The zero-order valence-corrected chi connectivity index (χ0v) is 9.91. The van der Waals surface area contributed by atoms with E-state index in [1.54, 1.807) is 6.07 Å². The first-order chi connectivity index (χ1) is 6.11. The topological polar surface area (TPSA) is 0 Å². The summed E-state index contributed by atoms with van der Waals surface area (Å²) >= 11 is 11.3. The zero-order chi connectivity index (χ0) is 10.3. The molecule has 0 fully saturated rings. The predicted octanol–water partition coefficient (Wildman–Crippen LogP) is 5.11. The number of benzene rings is 1. The van der Waals surface area contributed by atoms with E-state index in [0.29, 0.717) is 10.0 Å². The monoisotopic (exact) mass is 218 g/mol. The molecule has 0 heterocycles. The first-order valence-electron chi connectivity index (χ1n) is 4.53. The van der Waals surface area contributed by atoms with Crippen molar-refractivity contribution in [1.82, 2.24) is 0 Å². The van der Waals surface area contributed by atoms with E-state index in [9.17, 15) is 0 Å². The average Bonchev–Trinajstić information content (AvgIpc) is 2.12. The summed E-state index contributed by atoms with van der Waals surface area (Å²) < 4.78 is 0. The van der Waals surface area contributed by atoms with E-state index in [0.717, 1.165) is 5.56 Å². The maximum atomic E-state index is 5.68. The number of hydrogen-bond donors (Lipinski definition) is 0. The Morgan fingerprint density at radius 3 is 1.85 bits per heavy atom. The van der Waals surface area contributed by atoms with Crippen molar-refractivity contribution in [1.29, 1.82) is 0 Å². The smallest absolute Gasteiger partial charge is 0.0594 e. The Bertz CT molecular complexity index is 242. The highest BCUT2D eigenvalue weighted by Crippen LogP contribution is 2.21. The van der Waals surface area contributed by atoms with Crippen molar-refractivity contribution in [2.24, 2.45) is 0 Å². The first kappa shape index (κ1) is 12.8. The van der Waals surface area contributed by atoms with Crippen LogP contribution in [0.15, 0.2) is 18.2 Å². The second-order valence-corrected chi connectivity index (χ2v) is 3.73. The van der Waals surface area contributed by atoms with E-state index in [-0.39, 0.29) is 0 Å². The molecule has 74 valence electrons. The van der Waals surface area contributed by atoms with Crippen LogP contribution in [0.3, 0.4) is 0 Å². The van der Waals surface area contributed by atoms with Gasteiger partial charge < -0.3 is 0 Å². The quantitative estimate of drug-likeness (QED) is 0.615. The van der Waals surface area contributed by atoms with Crippen LogP contribution in [0, 0.1) is 6.92 Å². The molecule has 0 radical (unpaired) electrons. The second kappa shape index (κ2) is 7.23. The third-order valence-electron chi connectivity index (χ3n) is 1.58. The van der Waals surface area contributed by atoms with Crippen molar-refractivity contribution in [3.05, 3.63) is 33.8 Å².